The minimum absolute atomic E-state index is 0.154. The number of benzene rings is 1. The second-order valence-corrected chi connectivity index (χ2v) is 5.04. The number of anilines is 1. The zero-order valence-electron chi connectivity index (χ0n) is 10.6. The lowest BCUT2D eigenvalue weighted by Gasteiger charge is -2.04. The molecule has 102 valence electrons. The number of methoxy groups -OCH3 is 1. The van der Waals surface area contributed by atoms with Crippen molar-refractivity contribution in [3.05, 3.63) is 41.5 Å². The SMILES string of the molecule is COc1cc(-c2noc(N)c2-c2cccs2)ccc1F. The molecular weight excluding hydrogens is 279 g/mol. The Labute approximate surface area is 118 Å². The first kappa shape index (κ1) is 12.7. The lowest BCUT2D eigenvalue weighted by molar-refractivity contribution is 0.386. The van der Waals surface area contributed by atoms with Crippen molar-refractivity contribution in [3.8, 4) is 27.4 Å². The number of nitrogens with zero attached hydrogens (tertiary/aromatic N) is 1. The Morgan fingerprint density at radius 1 is 1.35 bits per heavy atom. The molecule has 0 saturated carbocycles. The molecule has 20 heavy (non-hydrogen) atoms. The second kappa shape index (κ2) is 4.97. The minimum atomic E-state index is -0.426. The van der Waals surface area contributed by atoms with E-state index >= 15 is 0 Å². The molecule has 2 aromatic heterocycles. The van der Waals surface area contributed by atoms with Gasteiger partial charge in [-0.25, -0.2) is 4.39 Å². The Hall–Kier alpha value is -2.34. The highest BCUT2D eigenvalue weighted by atomic mass is 32.1. The molecule has 0 bridgehead atoms. The molecule has 6 heteroatoms. The summed E-state index contributed by atoms with van der Waals surface area (Å²) >= 11 is 1.53. The fourth-order valence-electron chi connectivity index (χ4n) is 1.97. The van der Waals surface area contributed by atoms with Gasteiger partial charge in [-0.2, -0.15) is 0 Å². The standard InChI is InChI=1S/C14H11FN2O2S/c1-18-10-7-8(4-5-9(10)15)13-12(14(16)19-17-13)11-3-2-6-20-11/h2-7H,16H2,1H3. The van der Waals surface area contributed by atoms with Crippen molar-refractivity contribution in [1.82, 2.24) is 5.16 Å². The third-order valence-corrected chi connectivity index (χ3v) is 3.80. The first-order valence-corrected chi connectivity index (χ1v) is 6.71. The normalized spacial score (nSPS) is 10.7. The summed E-state index contributed by atoms with van der Waals surface area (Å²) in [6, 6.07) is 8.37. The van der Waals surface area contributed by atoms with E-state index in [4.69, 9.17) is 15.0 Å². The summed E-state index contributed by atoms with van der Waals surface area (Å²) in [5, 5.41) is 5.92. The summed E-state index contributed by atoms with van der Waals surface area (Å²) < 4.78 is 23.5. The first-order chi connectivity index (χ1) is 9.70. The maximum Gasteiger partial charge on any atom is 0.231 e. The van der Waals surface area contributed by atoms with Crippen LogP contribution in [0.25, 0.3) is 21.7 Å². The van der Waals surface area contributed by atoms with Crippen LogP contribution in [0.15, 0.2) is 40.2 Å². The second-order valence-electron chi connectivity index (χ2n) is 4.10. The molecular formula is C14H11FN2O2S. The van der Waals surface area contributed by atoms with Gasteiger partial charge in [-0.3, -0.25) is 0 Å². The zero-order valence-corrected chi connectivity index (χ0v) is 11.4. The van der Waals surface area contributed by atoms with Crippen molar-refractivity contribution in [2.45, 2.75) is 0 Å². The van der Waals surface area contributed by atoms with Gasteiger partial charge in [0.1, 0.15) is 5.69 Å². The van der Waals surface area contributed by atoms with Gasteiger partial charge in [0.2, 0.25) is 5.88 Å². The third-order valence-electron chi connectivity index (χ3n) is 2.91. The number of aromatic nitrogens is 1. The van der Waals surface area contributed by atoms with Crippen LogP contribution in [0.1, 0.15) is 0 Å². The highest BCUT2D eigenvalue weighted by Gasteiger charge is 2.19. The number of thiophene rings is 1. The van der Waals surface area contributed by atoms with Crippen molar-refractivity contribution in [1.29, 1.82) is 0 Å². The van der Waals surface area contributed by atoms with E-state index in [1.807, 2.05) is 17.5 Å². The van der Waals surface area contributed by atoms with Gasteiger partial charge < -0.3 is 15.0 Å². The van der Waals surface area contributed by atoms with Crippen LogP contribution < -0.4 is 10.5 Å². The van der Waals surface area contributed by atoms with E-state index in [2.05, 4.69) is 5.16 Å². The molecule has 0 unspecified atom stereocenters. The van der Waals surface area contributed by atoms with E-state index in [0.717, 1.165) is 4.88 Å². The summed E-state index contributed by atoms with van der Waals surface area (Å²) in [5.41, 5.74) is 7.82. The van der Waals surface area contributed by atoms with Crippen LogP contribution >= 0.6 is 11.3 Å². The molecule has 0 aliphatic carbocycles. The minimum Gasteiger partial charge on any atom is -0.494 e. The number of ether oxygens (including phenoxy) is 1. The fourth-order valence-corrected chi connectivity index (χ4v) is 2.74. The molecule has 0 atom stereocenters. The van der Waals surface area contributed by atoms with Crippen molar-refractivity contribution in [3.63, 3.8) is 0 Å². The number of rotatable bonds is 3. The summed E-state index contributed by atoms with van der Waals surface area (Å²) in [6.45, 7) is 0. The van der Waals surface area contributed by atoms with Crippen molar-refractivity contribution >= 4 is 17.2 Å². The molecule has 0 saturated heterocycles. The van der Waals surface area contributed by atoms with Crippen molar-refractivity contribution < 1.29 is 13.7 Å². The Bertz CT molecular complexity index is 738. The highest BCUT2D eigenvalue weighted by molar-refractivity contribution is 7.13. The molecule has 2 N–H and O–H groups in total. The summed E-state index contributed by atoms with van der Waals surface area (Å²) in [5.74, 6) is -0.0302. The van der Waals surface area contributed by atoms with Crippen LogP contribution in [0.5, 0.6) is 5.75 Å². The number of hydrogen-bond donors (Lipinski definition) is 1. The summed E-state index contributed by atoms with van der Waals surface area (Å²) in [7, 11) is 1.42. The van der Waals surface area contributed by atoms with Crippen molar-refractivity contribution in [2.24, 2.45) is 0 Å². The predicted octanol–water partition coefficient (Wildman–Crippen LogP) is 3.80. The Morgan fingerprint density at radius 2 is 2.20 bits per heavy atom. The van der Waals surface area contributed by atoms with E-state index in [-0.39, 0.29) is 11.6 Å². The molecule has 0 radical (unpaired) electrons. The van der Waals surface area contributed by atoms with Crippen molar-refractivity contribution in [2.75, 3.05) is 12.8 Å². The van der Waals surface area contributed by atoms with E-state index in [1.165, 1.54) is 24.5 Å². The third kappa shape index (κ3) is 2.04. The number of hydrogen-bond acceptors (Lipinski definition) is 5. The molecule has 3 rings (SSSR count). The Balaban J connectivity index is 2.16. The van der Waals surface area contributed by atoms with Crippen LogP contribution in [0, 0.1) is 5.82 Å². The molecule has 4 nitrogen and oxygen atoms in total. The number of halogens is 1. The van der Waals surface area contributed by atoms with E-state index < -0.39 is 5.82 Å². The van der Waals surface area contributed by atoms with Gasteiger partial charge >= 0.3 is 0 Å². The monoisotopic (exact) mass is 290 g/mol. The predicted molar refractivity (Wildman–Crippen MR) is 76.2 cm³/mol. The average molecular weight is 290 g/mol. The maximum absolute atomic E-state index is 13.5. The molecule has 3 aromatic rings. The van der Waals surface area contributed by atoms with Crippen LogP contribution in [0.2, 0.25) is 0 Å². The lowest BCUT2D eigenvalue weighted by atomic mass is 10.1. The van der Waals surface area contributed by atoms with Gasteiger partial charge in [-0.05, 0) is 29.6 Å². The zero-order chi connectivity index (χ0) is 14.1. The van der Waals surface area contributed by atoms with Gasteiger partial charge in [0, 0.05) is 10.4 Å². The largest absolute Gasteiger partial charge is 0.494 e. The molecule has 0 aliphatic rings. The Morgan fingerprint density at radius 3 is 2.90 bits per heavy atom. The molecule has 2 heterocycles. The maximum atomic E-state index is 13.5. The van der Waals surface area contributed by atoms with Crippen LogP contribution in [-0.2, 0) is 0 Å². The van der Waals surface area contributed by atoms with Gasteiger partial charge in [0.15, 0.2) is 11.6 Å². The Kier molecular flexibility index (Phi) is 3.15. The van der Waals surface area contributed by atoms with Crippen LogP contribution in [0.4, 0.5) is 10.3 Å². The van der Waals surface area contributed by atoms with E-state index in [0.29, 0.717) is 16.8 Å². The first-order valence-electron chi connectivity index (χ1n) is 5.83. The molecule has 0 spiro atoms. The summed E-state index contributed by atoms with van der Waals surface area (Å²) in [6.07, 6.45) is 0. The molecule has 0 aliphatic heterocycles. The average Bonchev–Trinajstić information content (AvgIpc) is 3.08. The van der Waals surface area contributed by atoms with Crippen LogP contribution in [0.3, 0.4) is 0 Å². The quantitative estimate of drug-likeness (QED) is 0.797. The lowest BCUT2D eigenvalue weighted by Crippen LogP contribution is -1.90. The van der Waals surface area contributed by atoms with Gasteiger partial charge in [-0.1, -0.05) is 11.2 Å². The topological polar surface area (TPSA) is 61.3 Å². The van der Waals surface area contributed by atoms with Crippen LogP contribution in [-0.4, -0.2) is 12.3 Å². The summed E-state index contributed by atoms with van der Waals surface area (Å²) in [4.78, 5) is 0.946. The van der Waals surface area contributed by atoms with Gasteiger partial charge in [-0.15, -0.1) is 11.3 Å². The van der Waals surface area contributed by atoms with E-state index in [9.17, 15) is 4.39 Å². The fraction of sp³-hybridized carbons (Fsp3) is 0.0714. The molecule has 0 fully saturated rings. The number of nitrogens with two attached hydrogens (primary N) is 1. The van der Waals surface area contributed by atoms with Gasteiger partial charge in [0.05, 0.1) is 12.7 Å². The molecule has 0 amide bonds. The molecule has 1 aromatic carbocycles. The van der Waals surface area contributed by atoms with E-state index in [1.54, 1.807) is 12.1 Å². The van der Waals surface area contributed by atoms with Gasteiger partial charge in [0.25, 0.3) is 0 Å². The highest BCUT2D eigenvalue weighted by Crippen LogP contribution is 2.39. The smallest absolute Gasteiger partial charge is 0.231 e. The number of nitrogen functional groups attached to an aromatic ring is 1.